The molecule has 5 nitrogen and oxygen atoms in total. The SMILES string of the molecule is CSc1ccccc1NC(=O)C(C)NS(=O)(=O)c1ccccc1. The van der Waals surface area contributed by atoms with Crippen molar-refractivity contribution in [2.75, 3.05) is 11.6 Å². The van der Waals surface area contributed by atoms with Crippen molar-refractivity contribution in [1.82, 2.24) is 4.72 Å². The van der Waals surface area contributed by atoms with Gasteiger partial charge in [-0.2, -0.15) is 4.72 Å². The number of anilines is 1. The van der Waals surface area contributed by atoms with Gasteiger partial charge in [0, 0.05) is 4.90 Å². The van der Waals surface area contributed by atoms with E-state index < -0.39 is 22.0 Å². The van der Waals surface area contributed by atoms with Crippen LogP contribution in [0.3, 0.4) is 0 Å². The first-order chi connectivity index (χ1) is 10.9. The molecule has 1 unspecified atom stereocenters. The lowest BCUT2D eigenvalue weighted by Gasteiger charge is -2.15. The van der Waals surface area contributed by atoms with Crippen LogP contribution < -0.4 is 10.0 Å². The molecular formula is C16H18N2O3S2. The Bertz CT molecular complexity index is 777. The minimum absolute atomic E-state index is 0.129. The average Bonchev–Trinajstić information content (AvgIpc) is 2.55. The van der Waals surface area contributed by atoms with E-state index in [1.165, 1.54) is 30.8 Å². The molecule has 0 saturated heterocycles. The maximum atomic E-state index is 12.2. The van der Waals surface area contributed by atoms with E-state index in [0.717, 1.165) is 4.90 Å². The van der Waals surface area contributed by atoms with E-state index >= 15 is 0 Å². The predicted molar refractivity (Wildman–Crippen MR) is 93.1 cm³/mol. The van der Waals surface area contributed by atoms with Gasteiger partial charge in [0.05, 0.1) is 16.6 Å². The molecule has 2 aromatic carbocycles. The summed E-state index contributed by atoms with van der Waals surface area (Å²) in [5.41, 5.74) is 0.663. The van der Waals surface area contributed by atoms with Gasteiger partial charge in [-0.25, -0.2) is 8.42 Å². The summed E-state index contributed by atoms with van der Waals surface area (Å²) in [6.45, 7) is 1.51. The summed E-state index contributed by atoms with van der Waals surface area (Å²) < 4.78 is 26.8. The Morgan fingerprint density at radius 1 is 1.04 bits per heavy atom. The van der Waals surface area contributed by atoms with Crippen LogP contribution in [0.4, 0.5) is 5.69 Å². The number of carbonyl (C=O) groups is 1. The summed E-state index contributed by atoms with van der Waals surface area (Å²) >= 11 is 1.51. The molecule has 0 aliphatic heterocycles. The molecule has 0 radical (unpaired) electrons. The molecule has 122 valence electrons. The van der Waals surface area contributed by atoms with Gasteiger partial charge in [0.2, 0.25) is 15.9 Å². The second kappa shape index (κ2) is 7.63. The molecule has 0 aliphatic carbocycles. The molecule has 0 saturated carbocycles. The van der Waals surface area contributed by atoms with Crippen LogP contribution in [0.25, 0.3) is 0 Å². The summed E-state index contributed by atoms with van der Waals surface area (Å²) in [5.74, 6) is -0.411. The van der Waals surface area contributed by atoms with Crippen LogP contribution in [0.1, 0.15) is 6.92 Å². The number of amides is 1. The number of hydrogen-bond donors (Lipinski definition) is 2. The molecule has 1 atom stereocenters. The largest absolute Gasteiger partial charge is 0.324 e. The molecule has 0 spiro atoms. The normalized spacial score (nSPS) is 12.6. The average molecular weight is 350 g/mol. The smallest absolute Gasteiger partial charge is 0.242 e. The fraction of sp³-hybridized carbons (Fsp3) is 0.188. The van der Waals surface area contributed by atoms with Crippen LogP contribution in [-0.4, -0.2) is 26.6 Å². The molecule has 0 heterocycles. The van der Waals surface area contributed by atoms with E-state index in [9.17, 15) is 13.2 Å². The minimum atomic E-state index is -3.73. The lowest BCUT2D eigenvalue weighted by atomic mass is 10.3. The number of benzene rings is 2. The van der Waals surface area contributed by atoms with Gasteiger partial charge in [0.15, 0.2) is 0 Å². The fourth-order valence-electron chi connectivity index (χ4n) is 1.94. The highest BCUT2D eigenvalue weighted by Crippen LogP contribution is 2.24. The van der Waals surface area contributed by atoms with Gasteiger partial charge in [-0.15, -0.1) is 11.8 Å². The van der Waals surface area contributed by atoms with Gasteiger partial charge in [-0.05, 0) is 37.4 Å². The van der Waals surface area contributed by atoms with Crippen LogP contribution in [0, 0.1) is 0 Å². The molecule has 2 aromatic rings. The standard InChI is InChI=1S/C16H18N2O3S2/c1-12(18-23(20,21)13-8-4-3-5-9-13)16(19)17-14-10-6-7-11-15(14)22-2/h3-12,18H,1-2H3,(H,17,19). The minimum Gasteiger partial charge on any atom is -0.324 e. The van der Waals surface area contributed by atoms with E-state index in [1.54, 1.807) is 24.3 Å². The number of rotatable bonds is 6. The Balaban J connectivity index is 2.09. The summed E-state index contributed by atoms with van der Waals surface area (Å²) in [5, 5.41) is 2.75. The van der Waals surface area contributed by atoms with E-state index in [-0.39, 0.29) is 4.90 Å². The lowest BCUT2D eigenvalue weighted by molar-refractivity contribution is -0.117. The van der Waals surface area contributed by atoms with Crippen LogP contribution in [0.5, 0.6) is 0 Å². The second-order valence-electron chi connectivity index (χ2n) is 4.85. The molecule has 2 N–H and O–H groups in total. The third-order valence-electron chi connectivity index (χ3n) is 3.14. The number of thioether (sulfide) groups is 1. The number of carbonyl (C=O) groups excluding carboxylic acids is 1. The van der Waals surface area contributed by atoms with Gasteiger partial charge >= 0.3 is 0 Å². The van der Waals surface area contributed by atoms with E-state index in [0.29, 0.717) is 5.69 Å². The highest BCUT2D eigenvalue weighted by molar-refractivity contribution is 7.98. The number of sulfonamides is 1. The summed E-state index contributed by atoms with van der Waals surface area (Å²) in [6, 6.07) is 14.4. The van der Waals surface area contributed by atoms with Gasteiger partial charge < -0.3 is 5.32 Å². The molecule has 0 fully saturated rings. The fourth-order valence-corrected chi connectivity index (χ4v) is 3.72. The van der Waals surface area contributed by atoms with Crippen molar-refractivity contribution >= 4 is 33.4 Å². The van der Waals surface area contributed by atoms with Gasteiger partial charge in [-0.3, -0.25) is 4.79 Å². The predicted octanol–water partition coefficient (Wildman–Crippen LogP) is 2.71. The van der Waals surface area contributed by atoms with Crippen molar-refractivity contribution < 1.29 is 13.2 Å². The van der Waals surface area contributed by atoms with Gasteiger partial charge in [0.25, 0.3) is 0 Å². The topological polar surface area (TPSA) is 75.3 Å². The Morgan fingerprint density at radius 3 is 2.30 bits per heavy atom. The second-order valence-corrected chi connectivity index (χ2v) is 7.41. The highest BCUT2D eigenvalue weighted by Gasteiger charge is 2.22. The Labute approximate surface area is 140 Å². The number of para-hydroxylation sites is 1. The van der Waals surface area contributed by atoms with Crippen LogP contribution in [0.15, 0.2) is 64.4 Å². The van der Waals surface area contributed by atoms with Crippen molar-refractivity contribution in [3.8, 4) is 0 Å². The van der Waals surface area contributed by atoms with Crippen molar-refractivity contribution in [2.45, 2.75) is 22.8 Å². The molecule has 0 bridgehead atoms. The van der Waals surface area contributed by atoms with E-state index in [1.807, 2.05) is 24.5 Å². The summed E-state index contributed by atoms with van der Waals surface area (Å²) in [7, 11) is -3.73. The zero-order valence-electron chi connectivity index (χ0n) is 12.8. The monoisotopic (exact) mass is 350 g/mol. The lowest BCUT2D eigenvalue weighted by Crippen LogP contribution is -2.41. The van der Waals surface area contributed by atoms with Crippen molar-refractivity contribution in [2.24, 2.45) is 0 Å². The Morgan fingerprint density at radius 2 is 1.65 bits per heavy atom. The molecule has 23 heavy (non-hydrogen) atoms. The zero-order valence-corrected chi connectivity index (χ0v) is 14.4. The molecule has 0 aromatic heterocycles. The molecule has 1 amide bonds. The van der Waals surface area contributed by atoms with Crippen molar-refractivity contribution in [3.63, 3.8) is 0 Å². The summed E-state index contributed by atoms with van der Waals surface area (Å²) in [4.78, 5) is 13.3. The molecule has 2 rings (SSSR count). The van der Waals surface area contributed by atoms with Gasteiger partial charge in [-0.1, -0.05) is 30.3 Å². The number of nitrogens with one attached hydrogen (secondary N) is 2. The van der Waals surface area contributed by atoms with Crippen molar-refractivity contribution in [3.05, 3.63) is 54.6 Å². The quantitative estimate of drug-likeness (QED) is 0.786. The van der Waals surface area contributed by atoms with Crippen molar-refractivity contribution in [1.29, 1.82) is 0 Å². The van der Waals surface area contributed by atoms with Crippen LogP contribution in [-0.2, 0) is 14.8 Å². The zero-order chi connectivity index (χ0) is 16.9. The highest BCUT2D eigenvalue weighted by atomic mass is 32.2. The molecular weight excluding hydrogens is 332 g/mol. The first kappa shape index (κ1) is 17.5. The van der Waals surface area contributed by atoms with Crippen LogP contribution >= 0.6 is 11.8 Å². The Hall–Kier alpha value is -1.83. The molecule has 7 heteroatoms. The van der Waals surface area contributed by atoms with Crippen LogP contribution in [0.2, 0.25) is 0 Å². The van der Waals surface area contributed by atoms with E-state index in [2.05, 4.69) is 10.0 Å². The maximum Gasteiger partial charge on any atom is 0.242 e. The third kappa shape index (κ3) is 4.57. The van der Waals surface area contributed by atoms with Gasteiger partial charge in [0.1, 0.15) is 0 Å². The maximum absolute atomic E-state index is 12.2. The first-order valence-corrected chi connectivity index (χ1v) is 9.66. The summed E-state index contributed by atoms with van der Waals surface area (Å²) in [6.07, 6.45) is 1.91. The third-order valence-corrected chi connectivity index (χ3v) is 5.50. The molecule has 0 aliphatic rings. The number of hydrogen-bond acceptors (Lipinski definition) is 4. The van der Waals surface area contributed by atoms with E-state index in [4.69, 9.17) is 0 Å². The first-order valence-electron chi connectivity index (χ1n) is 6.95. The Kier molecular flexibility index (Phi) is 5.81.